The van der Waals surface area contributed by atoms with Gasteiger partial charge < -0.3 is 5.11 Å². The molecule has 0 aromatic carbocycles. The van der Waals surface area contributed by atoms with E-state index in [1.165, 1.54) is 25.7 Å². The average Bonchev–Trinajstić information content (AvgIpc) is 2.11. The Hall–Kier alpha value is -0.530. The minimum atomic E-state index is -0.668. The highest BCUT2D eigenvalue weighted by atomic mass is 16.4. The van der Waals surface area contributed by atoms with Crippen molar-refractivity contribution in [2.45, 2.75) is 59.3 Å². The van der Waals surface area contributed by atoms with Crippen LogP contribution in [0.5, 0.6) is 0 Å². The van der Waals surface area contributed by atoms with Gasteiger partial charge >= 0.3 is 5.97 Å². The molecule has 0 aromatic heterocycles. The molecule has 2 unspecified atom stereocenters. The SMILES string of the molecule is CCCCC(C)CC(C)CCC(=O)O. The number of hydrogen-bond acceptors (Lipinski definition) is 1. The maximum atomic E-state index is 10.4. The second kappa shape index (κ2) is 7.84. The molecule has 84 valence electrons. The first-order chi connectivity index (χ1) is 6.56. The van der Waals surface area contributed by atoms with Crippen LogP contribution in [0.3, 0.4) is 0 Å². The Balaban J connectivity index is 3.49. The molecule has 0 spiro atoms. The molecule has 14 heavy (non-hydrogen) atoms. The summed E-state index contributed by atoms with van der Waals surface area (Å²) in [5.41, 5.74) is 0. The summed E-state index contributed by atoms with van der Waals surface area (Å²) in [6, 6.07) is 0. The molecule has 1 N–H and O–H groups in total. The van der Waals surface area contributed by atoms with Crippen LogP contribution in [0, 0.1) is 11.8 Å². The third-order valence-corrected chi connectivity index (χ3v) is 2.71. The Labute approximate surface area is 87.7 Å². The fourth-order valence-electron chi connectivity index (χ4n) is 1.85. The van der Waals surface area contributed by atoms with Crippen molar-refractivity contribution in [2.75, 3.05) is 0 Å². The van der Waals surface area contributed by atoms with Gasteiger partial charge in [-0.05, 0) is 24.7 Å². The van der Waals surface area contributed by atoms with Crippen LogP contribution in [0.1, 0.15) is 59.3 Å². The summed E-state index contributed by atoms with van der Waals surface area (Å²) in [7, 11) is 0. The van der Waals surface area contributed by atoms with Gasteiger partial charge in [-0.3, -0.25) is 4.79 Å². The van der Waals surface area contributed by atoms with Crippen molar-refractivity contribution in [3.05, 3.63) is 0 Å². The minimum Gasteiger partial charge on any atom is -0.481 e. The summed E-state index contributed by atoms with van der Waals surface area (Å²) in [6.45, 7) is 6.64. The highest BCUT2D eigenvalue weighted by Gasteiger charge is 2.09. The smallest absolute Gasteiger partial charge is 0.303 e. The maximum Gasteiger partial charge on any atom is 0.303 e. The van der Waals surface area contributed by atoms with Crippen molar-refractivity contribution in [1.82, 2.24) is 0 Å². The van der Waals surface area contributed by atoms with Gasteiger partial charge in [0.2, 0.25) is 0 Å². The van der Waals surface area contributed by atoms with Gasteiger partial charge in [0.25, 0.3) is 0 Å². The molecule has 0 radical (unpaired) electrons. The number of carboxylic acid groups (broad SMARTS) is 1. The van der Waals surface area contributed by atoms with Crippen molar-refractivity contribution >= 4 is 5.97 Å². The largest absolute Gasteiger partial charge is 0.481 e. The van der Waals surface area contributed by atoms with Crippen LogP contribution in [0.15, 0.2) is 0 Å². The quantitative estimate of drug-likeness (QED) is 0.648. The third kappa shape index (κ3) is 8.09. The predicted molar refractivity (Wildman–Crippen MR) is 59.3 cm³/mol. The molecule has 0 bridgehead atoms. The first kappa shape index (κ1) is 13.5. The highest BCUT2D eigenvalue weighted by molar-refractivity contribution is 5.66. The van der Waals surface area contributed by atoms with Crippen LogP contribution in [0.25, 0.3) is 0 Å². The zero-order chi connectivity index (χ0) is 11.0. The molecule has 0 rings (SSSR count). The topological polar surface area (TPSA) is 37.3 Å². The molecule has 2 atom stereocenters. The summed E-state index contributed by atoms with van der Waals surface area (Å²) in [6.07, 6.45) is 6.16. The van der Waals surface area contributed by atoms with Crippen molar-refractivity contribution in [2.24, 2.45) is 11.8 Å². The number of unbranched alkanes of at least 4 members (excludes halogenated alkanes) is 1. The lowest BCUT2D eigenvalue weighted by Gasteiger charge is -2.16. The van der Waals surface area contributed by atoms with E-state index >= 15 is 0 Å². The van der Waals surface area contributed by atoms with Crippen molar-refractivity contribution in [3.8, 4) is 0 Å². The summed E-state index contributed by atoms with van der Waals surface area (Å²) in [4.78, 5) is 10.4. The second-order valence-electron chi connectivity index (χ2n) is 4.52. The summed E-state index contributed by atoms with van der Waals surface area (Å²) in [5.74, 6) is 0.634. The number of carboxylic acids is 1. The fourth-order valence-corrected chi connectivity index (χ4v) is 1.85. The van der Waals surface area contributed by atoms with Crippen LogP contribution >= 0.6 is 0 Å². The zero-order valence-corrected chi connectivity index (χ0v) is 9.75. The van der Waals surface area contributed by atoms with E-state index in [-0.39, 0.29) is 0 Å². The predicted octanol–water partition coefficient (Wildman–Crippen LogP) is 3.70. The van der Waals surface area contributed by atoms with Crippen LogP contribution in [-0.4, -0.2) is 11.1 Å². The van der Waals surface area contributed by atoms with Gasteiger partial charge in [-0.15, -0.1) is 0 Å². The second-order valence-corrected chi connectivity index (χ2v) is 4.52. The molecule has 2 nitrogen and oxygen atoms in total. The number of carbonyl (C=O) groups is 1. The molecule has 0 amide bonds. The van der Waals surface area contributed by atoms with E-state index < -0.39 is 5.97 Å². The Morgan fingerprint density at radius 3 is 2.29 bits per heavy atom. The molecule has 0 saturated carbocycles. The maximum absolute atomic E-state index is 10.4. The van der Waals surface area contributed by atoms with Gasteiger partial charge in [0.15, 0.2) is 0 Å². The molecule has 0 saturated heterocycles. The average molecular weight is 200 g/mol. The Morgan fingerprint density at radius 2 is 1.79 bits per heavy atom. The Morgan fingerprint density at radius 1 is 1.21 bits per heavy atom. The number of rotatable bonds is 8. The molecule has 0 aromatic rings. The van der Waals surface area contributed by atoms with Gasteiger partial charge in [0.05, 0.1) is 0 Å². The van der Waals surface area contributed by atoms with Crippen molar-refractivity contribution < 1.29 is 9.90 Å². The Kier molecular flexibility index (Phi) is 7.54. The van der Waals surface area contributed by atoms with E-state index in [1.807, 2.05) is 0 Å². The van der Waals surface area contributed by atoms with Crippen molar-refractivity contribution in [1.29, 1.82) is 0 Å². The lowest BCUT2D eigenvalue weighted by Crippen LogP contribution is -2.06. The molecule has 0 aliphatic rings. The number of hydrogen-bond donors (Lipinski definition) is 1. The molecule has 0 fully saturated rings. The first-order valence-electron chi connectivity index (χ1n) is 5.78. The third-order valence-electron chi connectivity index (χ3n) is 2.71. The lowest BCUT2D eigenvalue weighted by atomic mass is 9.90. The van der Waals surface area contributed by atoms with Crippen LogP contribution < -0.4 is 0 Å². The zero-order valence-electron chi connectivity index (χ0n) is 9.75. The standard InChI is InChI=1S/C12H24O2/c1-4-5-6-10(2)9-11(3)7-8-12(13)14/h10-11H,4-9H2,1-3H3,(H,13,14). The molecule has 0 heterocycles. The summed E-state index contributed by atoms with van der Waals surface area (Å²) >= 11 is 0. The van der Waals surface area contributed by atoms with E-state index in [0.29, 0.717) is 12.3 Å². The normalized spacial score (nSPS) is 15.1. The van der Waals surface area contributed by atoms with E-state index in [2.05, 4.69) is 20.8 Å². The molecule has 0 aliphatic heterocycles. The van der Waals surface area contributed by atoms with E-state index in [4.69, 9.17) is 5.11 Å². The van der Waals surface area contributed by atoms with Gasteiger partial charge in [0.1, 0.15) is 0 Å². The van der Waals surface area contributed by atoms with Crippen LogP contribution in [0.4, 0.5) is 0 Å². The number of aliphatic carboxylic acids is 1. The summed E-state index contributed by atoms with van der Waals surface area (Å²) < 4.78 is 0. The van der Waals surface area contributed by atoms with Gasteiger partial charge in [-0.1, -0.05) is 40.0 Å². The first-order valence-corrected chi connectivity index (χ1v) is 5.78. The lowest BCUT2D eigenvalue weighted by molar-refractivity contribution is -0.137. The van der Waals surface area contributed by atoms with Gasteiger partial charge in [-0.2, -0.15) is 0 Å². The van der Waals surface area contributed by atoms with Crippen molar-refractivity contribution in [3.63, 3.8) is 0 Å². The molecule has 2 heteroatoms. The highest BCUT2D eigenvalue weighted by Crippen LogP contribution is 2.20. The molecule has 0 aliphatic carbocycles. The van der Waals surface area contributed by atoms with Crippen LogP contribution in [-0.2, 0) is 4.79 Å². The van der Waals surface area contributed by atoms with Gasteiger partial charge in [0, 0.05) is 6.42 Å². The van der Waals surface area contributed by atoms with E-state index in [0.717, 1.165) is 12.3 Å². The van der Waals surface area contributed by atoms with Gasteiger partial charge in [-0.25, -0.2) is 0 Å². The molecular weight excluding hydrogens is 176 g/mol. The van der Waals surface area contributed by atoms with E-state index in [9.17, 15) is 4.79 Å². The monoisotopic (exact) mass is 200 g/mol. The fraction of sp³-hybridized carbons (Fsp3) is 0.917. The Bertz CT molecular complexity index is 154. The van der Waals surface area contributed by atoms with Crippen LogP contribution in [0.2, 0.25) is 0 Å². The minimum absolute atomic E-state index is 0.321. The molecular formula is C12H24O2. The summed E-state index contributed by atoms with van der Waals surface area (Å²) in [5, 5.41) is 8.54. The van der Waals surface area contributed by atoms with E-state index in [1.54, 1.807) is 0 Å².